The van der Waals surface area contributed by atoms with E-state index in [0.29, 0.717) is 16.6 Å². The van der Waals surface area contributed by atoms with Crippen molar-refractivity contribution in [2.45, 2.75) is 19.8 Å². The Morgan fingerprint density at radius 1 is 1.19 bits per heavy atom. The molecule has 1 N–H and O–H groups in total. The van der Waals surface area contributed by atoms with Crippen LogP contribution < -0.4 is 5.43 Å². The largest absolute Gasteiger partial charge is 0.507 e. The topological polar surface area (TPSA) is 50.4 Å². The van der Waals surface area contributed by atoms with E-state index < -0.39 is 0 Å². The standard InChI is InChI=1S/C17H15BrO3/c1-10-4-5-12-14(7-10)21-15-9-11(3-2-6-18)8-13(19)16(15)17(12)20/h4-5,7-9,19H,2-3,6H2,1H3. The smallest absolute Gasteiger partial charge is 0.204 e. The molecular formula is C17H15BrO3. The minimum absolute atomic E-state index is 0.00621. The third-order valence-corrected chi connectivity index (χ3v) is 4.13. The maximum atomic E-state index is 12.5. The number of fused-ring (bicyclic) bond motifs is 2. The summed E-state index contributed by atoms with van der Waals surface area (Å²) in [6.45, 7) is 1.95. The van der Waals surface area contributed by atoms with E-state index in [4.69, 9.17) is 4.42 Å². The van der Waals surface area contributed by atoms with Crippen LogP contribution in [0, 0.1) is 6.92 Å². The average molecular weight is 347 g/mol. The molecule has 1 aromatic heterocycles. The minimum Gasteiger partial charge on any atom is -0.507 e. The van der Waals surface area contributed by atoms with Gasteiger partial charge in [-0.05, 0) is 55.2 Å². The van der Waals surface area contributed by atoms with Crippen LogP contribution >= 0.6 is 15.9 Å². The molecule has 0 unspecified atom stereocenters. The van der Waals surface area contributed by atoms with Crippen LogP contribution in [0.3, 0.4) is 0 Å². The molecule has 0 aliphatic rings. The van der Waals surface area contributed by atoms with E-state index in [1.54, 1.807) is 12.1 Å². The van der Waals surface area contributed by atoms with Crippen LogP contribution in [0.1, 0.15) is 17.5 Å². The van der Waals surface area contributed by atoms with Crippen molar-refractivity contribution in [1.82, 2.24) is 0 Å². The van der Waals surface area contributed by atoms with E-state index in [0.717, 1.165) is 29.3 Å². The van der Waals surface area contributed by atoms with Gasteiger partial charge in [0.05, 0.1) is 5.39 Å². The maximum Gasteiger partial charge on any atom is 0.204 e. The number of hydrogen-bond donors (Lipinski definition) is 1. The second-order valence-corrected chi connectivity index (χ2v) is 6.00. The zero-order chi connectivity index (χ0) is 15.0. The quantitative estimate of drug-likeness (QED) is 0.568. The number of alkyl halides is 1. The van der Waals surface area contributed by atoms with Crippen molar-refractivity contribution in [3.8, 4) is 5.75 Å². The van der Waals surface area contributed by atoms with Crippen LogP contribution in [0.15, 0.2) is 39.5 Å². The molecule has 4 heteroatoms. The van der Waals surface area contributed by atoms with Crippen LogP contribution in [0.2, 0.25) is 0 Å². The number of rotatable bonds is 3. The third-order valence-electron chi connectivity index (χ3n) is 3.57. The van der Waals surface area contributed by atoms with Crippen LogP contribution in [0.25, 0.3) is 21.9 Å². The predicted octanol–water partition coefficient (Wildman–Crippen LogP) is 4.29. The van der Waals surface area contributed by atoms with Gasteiger partial charge in [-0.15, -0.1) is 0 Å². The molecule has 0 saturated carbocycles. The highest BCUT2D eigenvalue weighted by molar-refractivity contribution is 9.09. The lowest BCUT2D eigenvalue weighted by atomic mass is 10.0. The lowest BCUT2D eigenvalue weighted by Gasteiger charge is -2.07. The molecule has 0 aliphatic carbocycles. The van der Waals surface area contributed by atoms with E-state index in [9.17, 15) is 9.90 Å². The molecule has 0 bridgehead atoms. The Balaban J connectivity index is 2.32. The third kappa shape index (κ3) is 2.56. The van der Waals surface area contributed by atoms with Gasteiger partial charge in [-0.1, -0.05) is 22.0 Å². The van der Waals surface area contributed by atoms with Crippen molar-refractivity contribution in [3.63, 3.8) is 0 Å². The van der Waals surface area contributed by atoms with Gasteiger partial charge in [0.15, 0.2) is 0 Å². The summed E-state index contributed by atoms with van der Waals surface area (Å²) >= 11 is 3.39. The van der Waals surface area contributed by atoms with Gasteiger partial charge in [-0.3, -0.25) is 4.79 Å². The summed E-state index contributed by atoms with van der Waals surface area (Å²) in [5.74, 6) is -0.00621. The number of phenols is 1. The number of benzene rings is 2. The number of aromatic hydroxyl groups is 1. The SMILES string of the molecule is Cc1ccc2c(=O)c3c(O)cc(CCCBr)cc3oc2c1. The fourth-order valence-corrected chi connectivity index (χ4v) is 2.82. The van der Waals surface area contributed by atoms with Crippen molar-refractivity contribution < 1.29 is 9.52 Å². The van der Waals surface area contributed by atoms with Crippen molar-refractivity contribution >= 4 is 37.9 Å². The molecule has 0 saturated heterocycles. The first-order valence-corrected chi connectivity index (χ1v) is 7.97. The normalized spacial score (nSPS) is 11.3. The zero-order valence-electron chi connectivity index (χ0n) is 11.6. The Morgan fingerprint density at radius 3 is 2.76 bits per heavy atom. The summed E-state index contributed by atoms with van der Waals surface area (Å²) < 4.78 is 5.84. The molecule has 0 atom stereocenters. The number of halogens is 1. The highest BCUT2D eigenvalue weighted by Gasteiger charge is 2.13. The Hall–Kier alpha value is -1.81. The second kappa shape index (κ2) is 5.53. The van der Waals surface area contributed by atoms with Crippen LogP contribution in [-0.4, -0.2) is 10.4 Å². The first-order chi connectivity index (χ1) is 10.1. The van der Waals surface area contributed by atoms with Gasteiger partial charge in [0, 0.05) is 5.33 Å². The lowest BCUT2D eigenvalue weighted by Crippen LogP contribution is -2.03. The molecule has 0 fully saturated rings. The number of phenolic OH excluding ortho intramolecular Hbond substituents is 1. The van der Waals surface area contributed by atoms with Crippen LogP contribution in [0.5, 0.6) is 5.75 Å². The van der Waals surface area contributed by atoms with E-state index in [-0.39, 0.29) is 16.6 Å². The Labute approximate surface area is 130 Å². The molecule has 108 valence electrons. The molecule has 3 aromatic rings. The van der Waals surface area contributed by atoms with Gasteiger partial charge in [0.2, 0.25) is 5.43 Å². The summed E-state index contributed by atoms with van der Waals surface area (Å²) in [7, 11) is 0. The molecule has 2 aromatic carbocycles. The van der Waals surface area contributed by atoms with Crippen LogP contribution in [-0.2, 0) is 6.42 Å². The van der Waals surface area contributed by atoms with E-state index in [1.165, 1.54) is 0 Å². The van der Waals surface area contributed by atoms with Gasteiger partial charge in [0.1, 0.15) is 22.3 Å². The van der Waals surface area contributed by atoms with Gasteiger partial charge in [-0.2, -0.15) is 0 Å². The van der Waals surface area contributed by atoms with Gasteiger partial charge < -0.3 is 9.52 Å². The molecule has 3 nitrogen and oxygen atoms in total. The fourth-order valence-electron chi connectivity index (χ4n) is 2.53. The summed E-state index contributed by atoms with van der Waals surface area (Å²) in [4.78, 5) is 12.5. The van der Waals surface area contributed by atoms with Crippen molar-refractivity contribution in [2.24, 2.45) is 0 Å². The number of hydrogen-bond acceptors (Lipinski definition) is 3. The summed E-state index contributed by atoms with van der Waals surface area (Å²) in [5, 5.41) is 11.8. The first-order valence-electron chi connectivity index (χ1n) is 6.85. The lowest BCUT2D eigenvalue weighted by molar-refractivity contribution is 0.479. The van der Waals surface area contributed by atoms with Crippen LogP contribution in [0.4, 0.5) is 0 Å². The molecule has 0 aliphatic heterocycles. The van der Waals surface area contributed by atoms with E-state index >= 15 is 0 Å². The first kappa shape index (κ1) is 14.1. The molecule has 0 spiro atoms. The fraction of sp³-hybridized carbons (Fsp3) is 0.235. The van der Waals surface area contributed by atoms with Gasteiger partial charge in [0.25, 0.3) is 0 Å². The van der Waals surface area contributed by atoms with Crippen molar-refractivity contribution in [2.75, 3.05) is 5.33 Å². The van der Waals surface area contributed by atoms with E-state index in [2.05, 4.69) is 15.9 Å². The molecule has 21 heavy (non-hydrogen) atoms. The molecule has 0 amide bonds. The molecule has 1 heterocycles. The highest BCUT2D eigenvalue weighted by Crippen LogP contribution is 2.28. The predicted molar refractivity (Wildman–Crippen MR) is 88.5 cm³/mol. The second-order valence-electron chi connectivity index (χ2n) is 5.21. The minimum atomic E-state index is -0.184. The Morgan fingerprint density at radius 2 is 2.00 bits per heavy atom. The Kier molecular flexibility index (Phi) is 3.72. The van der Waals surface area contributed by atoms with Gasteiger partial charge in [-0.25, -0.2) is 0 Å². The van der Waals surface area contributed by atoms with Gasteiger partial charge >= 0.3 is 0 Å². The number of aryl methyl sites for hydroxylation is 2. The average Bonchev–Trinajstić information content (AvgIpc) is 2.44. The molecule has 3 rings (SSSR count). The summed E-state index contributed by atoms with van der Waals surface area (Å²) in [5.41, 5.74) is 2.82. The summed E-state index contributed by atoms with van der Waals surface area (Å²) in [6.07, 6.45) is 1.78. The van der Waals surface area contributed by atoms with Crippen molar-refractivity contribution in [1.29, 1.82) is 0 Å². The highest BCUT2D eigenvalue weighted by atomic mass is 79.9. The molecule has 0 radical (unpaired) electrons. The monoisotopic (exact) mass is 346 g/mol. The Bertz CT molecular complexity index is 880. The maximum absolute atomic E-state index is 12.5. The van der Waals surface area contributed by atoms with E-state index in [1.807, 2.05) is 25.1 Å². The zero-order valence-corrected chi connectivity index (χ0v) is 13.2. The molecular weight excluding hydrogens is 332 g/mol. The van der Waals surface area contributed by atoms with Crippen molar-refractivity contribution in [3.05, 3.63) is 51.7 Å². The summed E-state index contributed by atoms with van der Waals surface area (Å²) in [6, 6.07) is 8.96.